The molecular formula is C12H20N2O. The lowest BCUT2D eigenvalue weighted by Gasteiger charge is -2.27. The SMILES string of the molecule is CC(C)C(C#N)C(=O)N(C)C(C)C1CC1. The van der Waals surface area contributed by atoms with Gasteiger partial charge >= 0.3 is 0 Å². The van der Waals surface area contributed by atoms with E-state index in [1.165, 1.54) is 12.8 Å². The Morgan fingerprint density at radius 1 is 1.40 bits per heavy atom. The average Bonchev–Trinajstić information content (AvgIpc) is 2.99. The molecule has 15 heavy (non-hydrogen) atoms. The maximum absolute atomic E-state index is 12.0. The minimum atomic E-state index is -0.490. The molecule has 0 aromatic rings. The van der Waals surface area contributed by atoms with Gasteiger partial charge in [-0.05, 0) is 31.6 Å². The second kappa shape index (κ2) is 4.65. The summed E-state index contributed by atoms with van der Waals surface area (Å²) in [5.74, 6) is 0.241. The van der Waals surface area contributed by atoms with E-state index in [0.717, 1.165) is 0 Å². The van der Waals surface area contributed by atoms with E-state index < -0.39 is 5.92 Å². The van der Waals surface area contributed by atoms with E-state index in [1.54, 1.807) is 4.90 Å². The maximum atomic E-state index is 12.0. The highest BCUT2D eigenvalue weighted by Gasteiger charge is 2.35. The van der Waals surface area contributed by atoms with Crippen LogP contribution in [0.5, 0.6) is 0 Å². The molecule has 0 saturated heterocycles. The molecule has 0 aliphatic heterocycles. The van der Waals surface area contributed by atoms with Gasteiger partial charge in [0.05, 0.1) is 6.07 Å². The number of carbonyl (C=O) groups excluding carboxylic acids is 1. The number of hydrogen-bond donors (Lipinski definition) is 0. The Labute approximate surface area is 92.1 Å². The number of rotatable bonds is 4. The molecule has 1 aliphatic rings. The van der Waals surface area contributed by atoms with Crippen molar-refractivity contribution in [2.75, 3.05) is 7.05 Å². The molecule has 0 aromatic carbocycles. The summed E-state index contributed by atoms with van der Waals surface area (Å²) in [6.45, 7) is 5.91. The first-order chi connectivity index (χ1) is 6.99. The van der Waals surface area contributed by atoms with Gasteiger partial charge in [-0.1, -0.05) is 13.8 Å². The molecule has 0 radical (unpaired) electrons. The van der Waals surface area contributed by atoms with Crippen molar-refractivity contribution in [2.45, 2.75) is 39.7 Å². The second-order valence-electron chi connectivity index (χ2n) is 4.88. The van der Waals surface area contributed by atoms with Crippen molar-refractivity contribution in [3.8, 4) is 6.07 Å². The molecule has 0 N–H and O–H groups in total. The van der Waals surface area contributed by atoms with Gasteiger partial charge in [0.15, 0.2) is 0 Å². The Kier molecular flexibility index (Phi) is 3.73. The van der Waals surface area contributed by atoms with Crippen LogP contribution >= 0.6 is 0 Å². The highest BCUT2D eigenvalue weighted by molar-refractivity contribution is 5.81. The molecule has 1 rings (SSSR count). The van der Waals surface area contributed by atoms with Gasteiger partial charge in [-0.2, -0.15) is 5.26 Å². The van der Waals surface area contributed by atoms with Gasteiger partial charge in [-0.15, -0.1) is 0 Å². The average molecular weight is 208 g/mol. The molecule has 2 atom stereocenters. The van der Waals surface area contributed by atoms with E-state index in [9.17, 15) is 4.79 Å². The zero-order valence-electron chi connectivity index (χ0n) is 10.0. The van der Waals surface area contributed by atoms with Crippen LogP contribution in [-0.2, 0) is 4.79 Å². The quantitative estimate of drug-likeness (QED) is 0.709. The topological polar surface area (TPSA) is 44.1 Å². The third-order valence-electron chi connectivity index (χ3n) is 3.33. The molecule has 1 saturated carbocycles. The van der Waals surface area contributed by atoms with Crippen molar-refractivity contribution in [3.05, 3.63) is 0 Å². The van der Waals surface area contributed by atoms with Crippen LogP contribution in [-0.4, -0.2) is 23.9 Å². The highest BCUT2D eigenvalue weighted by Crippen LogP contribution is 2.35. The molecule has 1 fully saturated rings. The lowest BCUT2D eigenvalue weighted by atomic mass is 9.95. The first kappa shape index (κ1) is 12.0. The number of carbonyl (C=O) groups is 1. The summed E-state index contributed by atoms with van der Waals surface area (Å²) in [5.41, 5.74) is 0. The van der Waals surface area contributed by atoms with Gasteiger partial charge < -0.3 is 4.90 Å². The largest absolute Gasteiger partial charge is 0.342 e. The molecule has 0 aromatic heterocycles. The van der Waals surface area contributed by atoms with Crippen LogP contribution in [0.3, 0.4) is 0 Å². The molecule has 3 heteroatoms. The first-order valence-electron chi connectivity index (χ1n) is 5.65. The van der Waals surface area contributed by atoms with E-state index in [2.05, 4.69) is 13.0 Å². The summed E-state index contributed by atoms with van der Waals surface area (Å²) in [6.07, 6.45) is 2.44. The molecule has 1 aliphatic carbocycles. The Hall–Kier alpha value is -1.04. The fourth-order valence-corrected chi connectivity index (χ4v) is 1.80. The fourth-order valence-electron chi connectivity index (χ4n) is 1.80. The predicted octanol–water partition coefficient (Wildman–Crippen LogP) is 2.04. The lowest BCUT2D eigenvalue weighted by Crippen LogP contribution is -2.41. The van der Waals surface area contributed by atoms with Crippen molar-refractivity contribution in [3.63, 3.8) is 0 Å². The van der Waals surface area contributed by atoms with Crippen molar-refractivity contribution >= 4 is 5.91 Å². The van der Waals surface area contributed by atoms with Crippen molar-refractivity contribution in [1.29, 1.82) is 5.26 Å². The molecule has 2 unspecified atom stereocenters. The minimum Gasteiger partial charge on any atom is -0.342 e. The summed E-state index contributed by atoms with van der Waals surface area (Å²) in [6, 6.07) is 2.39. The summed E-state index contributed by atoms with van der Waals surface area (Å²) < 4.78 is 0. The van der Waals surface area contributed by atoms with E-state index in [-0.39, 0.29) is 17.9 Å². The molecule has 0 spiro atoms. The number of hydrogen-bond acceptors (Lipinski definition) is 2. The maximum Gasteiger partial charge on any atom is 0.240 e. The monoisotopic (exact) mass is 208 g/mol. The van der Waals surface area contributed by atoms with Gasteiger partial charge in [0.1, 0.15) is 5.92 Å². The first-order valence-corrected chi connectivity index (χ1v) is 5.65. The number of nitriles is 1. The van der Waals surface area contributed by atoms with Gasteiger partial charge in [0, 0.05) is 13.1 Å². The summed E-state index contributed by atoms with van der Waals surface area (Å²) in [5, 5.41) is 8.95. The number of amides is 1. The standard InChI is InChI=1S/C12H20N2O/c1-8(2)11(7-13)12(15)14(4)9(3)10-5-6-10/h8-11H,5-6H2,1-4H3. The van der Waals surface area contributed by atoms with E-state index in [4.69, 9.17) is 5.26 Å². The van der Waals surface area contributed by atoms with Crippen molar-refractivity contribution < 1.29 is 4.79 Å². The van der Waals surface area contributed by atoms with Crippen LogP contribution in [0, 0.1) is 29.1 Å². The van der Waals surface area contributed by atoms with Crippen LogP contribution in [0.1, 0.15) is 33.6 Å². The van der Waals surface area contributed by atoms with Gasteiger partial charge in [-0.25, -0.2) is 0 Å². The van der Waals surface area contributed by atoms with Crippen molar-refractivity contribution in [2.24, 2.45) is 17.8 Å². The van der Waals surface area contributed by atoms with Gasteiger partial charge in [-0.3, -0.25) is 4.79 Å². The molecule has 84 valence electrons. The fraction of sp³-hybridized carbons (Fsp3) is 0.833. The molecule has 3 nitrogen and oxygen atoms in total. The third-order valence-corrected chi connectivity index (χ3v) is 3.33. The summed E-state index contributed by atoms with van der Waals surface area (Å²) >= 11 is 0. The lowest BCUT2D eigenvalue weighted by molar-refractivity contribution is -0.135. The van der Waals surface area contributed by atoms with Crippen LogP contribution in [0.2, 0.25) is 0 Å². The highest BCUT2D eigenvalue weighted by atomic mass is 16.2. The second-order valence-corrected chi connectivity index (χ2v) is 4.88. The zero-order valence-corrected chi connectivity index (χ0v) is 10.0. The Balaban J connectivity index is 2.61. The van der Waals surface area contributed by atoms with Crippen LogP contribution in [0.15, 0.2) is 0 Å². The molecule has 0 bridgehead atoms. The molecule has 0 heterocycles. The minimum absolute atomic E-state index is 0.0214. The van der Waals surface area contributed by atoms with E-state index in [0.29, 0.717) is 5.92 Å². The Bertz CT molecular complexity index is 276. The normalized spacial score (nSPS) is 19.5. The van der Waals surface area contributed by atoms with Crippen LogP contribution in [0.4, 0.5) is 0 Å². The number of nitrogens with zero attached hydrogens (tertiary/aromatic N) is 2. The molecule has 1 amide bonds. The Morgan fingerprint density at radius 2 is 1.93 bits per heavy atom. The zero-order chi connectivity index (χ0) is 11.6. The summed E-state index contributed by atoms with van der Waals surface area (Å²) in [4.78, 5) is 13.7. The summed E-state index contributed by atoms with van der Waals surface area (Å²) in [7, 11) is 1.82. The van der Waals surface area contributed by atoms with Crippen LogP contribution in [0.25, 0.3) is 0 Å². The van der Waals surface area contributed by atoms with Crippen LogP contribution < -0.4 is 0 Å². The van der Waals surface area contributed by atoms with E-state index in [1.807, 2.05) is 20.9 Å². The van der Waals surface area contributed by atoms with Gasteiger partial charge in [0.25, 0.3) is 0 Å². The molecular weight excluding hydrogens is 188 g/mol. The predicted molar refractivity (Wildman–Crippen MR) is 58.9 cm³/mol. The van der Waals surface area contributed by atoms with Gasteiger partial charge in [0.2, 0.25) is 5.91 Å². The third kappa shape index (κ3) is 2.71. The van der Waals surface area contributed by atoms with Crippen molar-refractivity contribution in [1.82, 2.24) is 4.90 Å². The smallest absolute Gasteiger partial charge is 0.240 e. The Morgan fingerprint density at radius 3 is 2.27 bits per heavy atom. The van der Waals surface area contributed by atoms with E-state index >= 15 is 0 Å².